The molecule has 0 aliphatic heterocycles. The Bertz CT molecular complexity index is 393. The van der Waals surface area contributed by atoms with Crippen LogP contribution in [0.1, 0.15) is 5.56 Å². The van der Waals surface area contributed by atoms with Gasteiger partial charge in [-0.3, -0.25) is 10.1 Å². The first-order valence-electron chi connectivity index (χ1n) is 4.68. The number of ether oxygens (including phenoxy) is 2. The molecule has 6 nitrogen and oxygen atoms in total. The van der Waals surface area contributed by atoms with E-state index in [9.17, 15) is 10.1 Å². The van der Waals surface area contributed by atoms with Crippen LogP contribution in [0.3, 0.4) is 0 Å². The molecule has 0 aliphatic carbocycles. The molecule has 0 saturated heterocycles. The fourth-order valence-electron chi connectivity index (χ4n) is 1.45. The molecule has 0 radical (unpaired) electrons. The van der Waals surface area contributed by atoms with Gasteiger partial charge in [0.05, 0.1) is 25.2 Å². The third kappa shape index (κ3) is 2.40. The highest BCUT2D eigenvalue weighted by atomic mass is 16.6. The summed E-state index contributed by atoms with van der Waals surface area (Å²) in [6.07, 6.45) is 0. The van der Waals surface area contributed by atoms with Gasteiger partial charge in [-0.25, -0.2) is 0 Å². The van der Waals surface area contributed by atoms with Crippen LogP contribution in [0, 0.1) is 10.1 Å². The summed E-state index contributed by atoms with van der Waals surface area (Å²) in [7, 11) is 4.71. The number of nitrogens with one attached hydrogen (secondary N) is 1. The molecule has 0 saturated carbocycles. The molecule has 0 fully saturated rings. The van der Waals surface area contributed by atoms with Gasteiger partial charge in [0, 0.05) is 18.2 Å². The zero-order valence-corrected chi connectivity index (χ0v) is 9.44. The molecule has 0 spiro atoms. The normalized spacial score (nSPS) is 9.94. The van der Waals surface area contributed by atoms with Crippen molar-refractivity contribution in [2.24, 2.45) is 0 Å². The third-order valence-electron chi connectivity index (χ3n) is 2.12. The number of nitro groups is 1. The number of nitro benzene ring substituents is 1. The highest BCUT2D eigenvalue weighted by molar-refractivity contribution is 5.54. The zero-order valence-electron chi connectivity index (χ0n) is 9.44. The Kier molecular flexibility index (Phi) is 4.07. The summed E-state index contributed by atoms with van der Waals surface area (Å²) in [5.41, 5.74) is 0.680. The lowest BCUT2D eigenvalue weighted by molar-refractivity contribution is -0.385. The highest BCUT2D eigenvalue weighted by Crippen LogP contribution is 2.35. The van der Waals surface area contributed by atoms with Crippen LogP contribution in [-0.2, 0) is 6.54 Å². The zero-order chi connectivity index (χ0) is 12.1. The molecule has 0 atom stereocenters. The average molecular weight is 226 g/mol. The van der Waals surface area contributed by atoms with E-state index in [0.29, 0.717) is 23.6 Å². The molecule has 0 unspecified atom stereocenters. The van der Waals surface area contributed by atoms with E-state index in [1.54, 1.807) is 7.05 Å². The molecule has 6 heteroatoms. The molecule has 0 bridgehead atoms. The summed E-state index contributed by atoms with van der Waals surface area (Å²) in [4.78, 5) is 10.3. The van der Waals surface area contributed by atoms with E-state index in [2.05, 4.69) is 5.32 Å². The molecule has 1 N–H and O–H groups in total. The SMILES string of the molecule is CNCc1cc([N+](=O)[O-])cc(OC)c1OC. The second-order valence-electron chi connectivity index (χ2n) is 3.13. The minimum absolute atomic E-state index is 0.0112. The van der Waals surface area contributed by atoms with Crippen molar-refractivity contribution in [3.63, 3.8) is 0 Å². The summed E-state index contributed by atoms with van der Waals surface area (Å²) in [5.74, 6) is 0.879. The molecule has 1 aromatic carbocycles. The average Bonchev–Trinajstić information content (AvgIpc) is 2.28. The molecule has 1 rings (SSSR count). The van der Waals surface area contributed by atoms with Crippen LogP contribution in [0.5, 0.6) is 11.5 Å². The molecule has 0 heterocycles. The molecule has 0 amide bonds. The number of hydrogen-bond donors (Lipinski definition) is 1. The highest BCUT2D eigenvalue weighted by Gasteiger charge is 2.17. The van der Waals surface area contributed by atoms with Crippen molar-refractivity contribution in [3.8, 4) is 11.5 Å². The van der Waals surface area contributed by atoms with Gasteiger partial charge >= 0.3 is 0 Å². The Morgan fingerprint density at radius 1 is 1.38 bits per heavy atom. The van der Waals surface area contributed by atoms with Gasteiger partial charge < -0.3 is 14.8 Å². The van der Waals surface area contributed by atoms with E-state index < -0.39 is 4.92 Å². The predicted molar refractivity (Wildman–Crippen MR) is 59.0 cm³/mol. The van der Waals surface area contributed by atoms with Gasteiger partial charge in [-0.15, -0.1) is 0 Å². The number of methoxy groups -OCH3 is 2. The molecule has 16 heavy (non-hydrogen) atoms. The van der Waals surface area contributed by atoms with E-state index in [1.807, 2.05) is 0 Å². The molecule has 1 aromatic rings. The Balaban J connectivity index is 3.31. The van der Waals surface area contributed by atoms with Crippen LogP contribution in [0.2, 0.25) is 0 Å². The van der Waals surface area contributed by atoms with Crippen LogP contribution in [-0.4, -0.2) is 26.2 Å². The summed E-state index contributed by atoms with van der Waals surface area (Å²) >= 11 is 0. The largest absolute Gasteiger partial charge is 0.493 e. The summed E-state index contributed by atoms with van der Waals surface area (Å²) in [6.45, 7) is 0.473. The van der Waals surface area contributed by atoms with Crippen LogP contribution < -0.4 is 14.8 Å². The molecule has 88 valence electrons. The van der Waals surface area contributed by atoms with Gasteiger partial charge in [0.1, 0.15) is 0 Å². The Labute approximate surface area is 93.3 Å². The van der Waals surface area contributed by atoms with Crippen molar-refractivity contribution in [3.05, 3.63) is 27.8 Å². The molecule has 0 aromatic heterocycles. The first-order chi connectivity index (χ1) is 7.63. The van der Waals surface area contributed by atoms with E-state index in [0.717, 1.165) is 0 Å². The van der Waals surface area contributed by atoms with Crippen LogP contribution in [0.15, 0.2) is 12.1 Å². The first kappa shape index (κ1) is 12.3. The van der Waals surface area contributed by atoms with E-state index in [-0.39, 0.29) is 5.69 Å². The quantitative estimate of drug-likeness (QED) is 0.605. The Morgan fingerprint density at radius 3 is 2.50 bits per heavy atom. The number of non-ortho nitro benzene ring substituents is 1. The fraction of sp³-hybridized carbons (Fsp3) is 0.400. The number of hydrogen-bond acceptors (Lipinski definition) is 5. The maximum Gasteiger partial charge on any atom is 0.273 e. The van der Waals surface area contributed by atoms with E-state index in [4.69, 9.17) is 9.47 Å². The Hall–Kier alpha value is -1.82. The maximum absolute atomic E-state index is 10.7. The van der Waals surface area contributed by atoms with Crippen LogP contribution in [0.25, 0.3) is 0 Å². The standard InChI is InChI=1S/C10H14N2O4/c1-11-6-7-4-8(12(13)14)5-9(15-2)10(7)16-3/h4-5,11H,6H2,1-3H3. The first-order valence-corrected chi connectivity index (χ1v) is 4.68. The van der Waals surface area contributed by atoms with Crippen molar-refractivity contribution in [1.82, 2.24) is 5.32 Å². The van der Waals surface area contributed by atoms with Crippen LogP contribution in [0.4, 0.5) is 5.69 Å². The second kappa shape index (κ2) is 5.32. The number of nitrogens with zero attached hydrogens (tertiary/aromatic N) is 1. The molecular formula is C10H14N2O4. The van der Waals surface area contributed by atoms with Crippen molar-refractivity contribution in [2.45, 2.75) is 6.54 Å². The maximum atomic E-state index is 10.7. The Morgan fingerprint density at radius 2 is 2.06 bits per heavy atom. The molecule has 0 aliphatic rings. The van der Waals surface area contributed by atoms with Gasteiger partial charge in [-0.1, -0.05) is 0 Å². The van der Waals surface area contributed by atoms with Gasteiger partial charge in [-0.2, -0.15) is 0 Å². The van der Waals surface area contributed by atoms with Gasteiger partial charge in [-0.05, 0) is 7.05 Å². The fourth-order valence-corrected chi connectivity index (χ4v) is 1.45. The van der Waals surface area contributed by atoms with Crippen molar-refractivity contribution >= 4 is 5.69 Å². The monoisotopic (exact) mass is 226 g/mol. The second-order valence-corrected chi connectivity index (χ2v) is 3.13. The van der Waals surface area contributed by atoms with E-state index >= 15 is 0 Å². The molecular weight excluding hydrogens is 212 g/mol. The summed E-state index contributed by atoms with van der Waals surface area (Å²) < 4.78 is 10.2. The summed E-state index contributed by atoms with van der Waals surface area (Å²) in [5, 5.41) is 13.6. The lowest BCUT2D eigenvalue weighted by atomic mass is 10.1. The third-order valence-corrected chi connectivity index (χ3v) is 2.12. The van der Waals surface area contributed by atoms with Crippen molar-refractivity contribution < 1.29 is 14.4 Å². The number of rotatable bonds is 5. The lowest BCUT2D eigenvalue weighted by Gasteiger charge is -2.12. The van der Waals surface area contributed by atoms with Crippen LogP contribution >= 0.6 is 0 Å². The van der Waals surface area contributed by atoms with Gasteiger partial charge in [0.15, 0.2) is 11.5 Å². The topological polar surface area (TPSA) is 73.6 Å². The van der Waals surface area contributed by atoms with Gasteiger partial charge in [0.2, 0.25) is 0 Å². The predicted octanol–water partition coefficient (Wildman–Crippen LogP) is 1.33. The van der Waals surface area contributed by atoms with Gasteiger partial charge in [0.25, 0.3) is 5.69 Å². The van der Waals surface area contributed by atoms with Crippen molar-refractivity contribution in [2.75, 3.05) is 21.3 Å². The minimum Gasteiger partial charge on any atom is -0.493 e. The smallest absolute Gasteiger partial charge is 0.273 e. The number of benzene rings is 1. The lowest BCUT2D eigenvalue weighted by Crippen LogP contribution is -2.08. The summed E-state index contributed by atoms with van der Waals surface area (Å²) in [6, 6.07) is 2.82. The minimum atomic E-state index is -0.457. The van der Waals surface area contributed by atoms with Crippen molar-refractivity contribution in [1.29, 1.82) is 0 Å². The van der Waals surface area contributed by atoms with E-state index in [1.165, 1.54) is 26.4 Å².